The molecule has 2 aromatic heterocycles. The molecule has 8 heteroatoms. The van der Waals surface area contributed by atoms with Crippen molar-refractivity contribution in [2.75, 3.05) is 39.4 Å². The molecule has 0 unspecified atom stereocenters. The van der Waals surface area contributed by atoms with Gasteiger partial charge in [-0.05, 0) is 35.7 Å². The summed E-state index contributed by atoms with van der Waals surface area (Å²) >= 11 is 7.74. The van der Waals surface area contributed by atoms with Gasteiger partial charge in [0.25, 0.3) is 5.91 Å². The number of benzene rings is 1. The number of halogens is 1. The fourth-order valence-corrected chi connectivity index (χ4v) is 4.00. The Labute approximate surface area is 172 Å². The lowest BCUT2D eigenvalue weighted by Crippen LogP contribution is -2.41. The van der Waals surface area contributed by atoms with Crippen molar-refractivity contribution in [3.63, 3.8) is 0 Å². The molecule has 0 saturated carbocycles. The number of hydrogen-bond acceptors (Lipinski definition) is 5. The van der Waals surface area contributed by atoms with Crippen LogP contribution in [0.1, 0.15) is 10.5 Å². The Morgan fingerprint density at radius 2 is 2.07 bits per heavy atom. The second kappa shape index (κ2) is 8.87. The molecule has 6 nitrogen and oxygen atoms in total. The highest BCUT2D eigenvalue weighted by molar-refractivity contribution is 7.13. The van der Waals surface area contributed by atoms with Gasteiger partial charge in [0.05, 0.1) is 23.8 Å². The van der Waals surface area contributed by atoms with Gasteiger partial charge >= 0.3 is 0 Å². The van der Waals surface area contributed by atoms with Gasteiger partial charge in [-0.2, -0.15) is 5.10 Å². The summed E-state index contributed by atoms with van der Waals surface area (Å²) in [6.07, 6.45) is 0. The molecule has 1 saturated heterocycles. The van der Waals surface area contributed by atoms with Crippen LogP contribution in [0.4, 0.5) is 0 Å². The number of amides is 1. The summed E-state index contributed by atoms with van der Waals surface area (Å²) in [5, 5.41) is 10.3. The lowest BCUT2D eigenvalue weighted by Gasteiger charge is -2.26. The normalized spacial score (nSPS) is 14.9. The van der Waals surface area contributed by atoms with Crippen LogP contribution in [0.3, 0.4) is 0 Å². The van der Waals surface area contributed by atoms with Gasteiger partial charge < -0.3 is 10.1 Å². The Morgan fingerprint density at radius 3 is 2.82 bits per heavy atom. The Kier molecular flexibility index (Phi) is 6.07. The minimum atomic E-state index is -0.149. The van der Waals surface area contributed by atoms with Crippen molar-refractivity contribution >= 4 is 28.8 Å². The second-order valence-corrected chi connectivity index (χ2v) is 7.88. The van der Waals surface area contributed by atoms with Crippen molar-refractivity contribution in [2.24, 2.45) is 0 Å². The van der Waals surface area contributed by atoms with Crippen LogP contribution in [-0.2, 0) is 4.74 Å². The van der Waals surface area contributed by atoms with Gasteiger partial charge in [-0.25, -0.2) is 4.68 Å². The van der Waals surface area contributed by atoms with Crippen molar-refractivity contribution in [3.8, 4) is 16.3 Å². The van der Waals surface area contributed by atoms with E-state index in [-0.39, 0.29) is 5.91 Å². The van der Waals surface area contributed by atoms with E-state index in [2.05, 4.69) is 15.3 Å². The molecule has 0 bridgehead atoms. The number of morpholine rings is 1. The molecular weight excluding hydrogens is 396 g/mol. The van der Waals surface area contributed by atoms with Crippen molar-refractivity contribution in [1.29, 1.82) is 0 Å². The number of aromatic nitrogens is 2. The van der Waals surface area contributed by atoms with E-state index >= 15 is 0 Å². The molecule has 0 spiro atoms. The van der Waals surface area contributed by atoms with E-state index in [1.54, 1.807) is 28.2 Å². The molecule has 0 aliphatic carbocycles. The van der Waals surface area contributed by atoms with E-state index in [9.17, 15) is 4.79 Å². The first-order chi connectivity index (χ1) is 13.7. The quantitative estimate of drug-likeness (QED) is 0.669. The number of ether oxygens (including phenoxy) is 1. The number of carbonyl (C=O) groups is 1. The molecule has 4 rings (SSSR count). The summed E-state index contributed by atoms with van der Waals surface area (Å²) in [6, 6.07) is 13.1. The molecule has 1 aromatic carbocycles. The fourth-order valence-electron chi connectivity index (χ4n) is 3.14. The predicted molar refractivity (Wildman–Crippen MR) is 111 cm³/mol. The molecule has 1 fully saturated rings. The van der Waals surface area contributed by atoms with Crippen LogP contribution in [-0.4, -0.2) is 60.0 Å². The van der Waals surface area contributed by atoms with Crippen LogP contribution < -0.4 is 5.32 Å². The molecule has 1 aliphatic heterocycles. The summed E-state index contributed by atoms with van der Waals surface area (Å²) in [5.41, 5.74) is 2.02. The van der Waals surface area contributed by atoms with Crippen LogP contribution >= 0.6 is 22.9 Å². The van der Waals surface area contributed by atoms with Crippen molar-refractivity contribution in [3.05, 3.63) is 58.6 Å². The lowest BCUT2D eigenvalue weighted by molar-refractivity contribution is 0.0383. The van der Waals surface area contributed by atoms with E-state index in [0.29, 0.717) is 17.3 Å². The fraction of sp³-hybridized carbons (Fsp3) is 0.300. The summed E-state index contributed by atoms with van der Waals surface area (Å²) in [6.45, 7) is 4.68. The Bertz CT molecular complexity index is 936. The highest BCUT2D eigenvalue weighted by Gasteiger charge is 2.18. The molecule has 146 valence electrons. The van der Waals surface area contributed by atoms with Gasteiger partial charge in [-0.15, -0.1) is 11.3 Å². The number of thiophene rings is 1. The van der Waals surface area contributed by atoms with E-state index in [0.717, 1.165) is 49.1 Å². The highest BCUT2D eigenvalue weighted by Crippen LogP contribution is 2.26. The maximum absolute atomic E-state index is 12.9. The monoisotopic (exact) mass is 416 g/mol. The Morgan fingerprint density at radius 1 is 1.21 bits per heavy atom. The molecule has 3 aromatic rings. The third kappa shape index (κ3) is 4.44. The van der Waals surface area contributed by atoms with Gasteiger partial charge in [-0.1, -0.05) is 23.7 Å². The summed E-state index contributed by atoms with van der Waals surface area (Å²) in [5.74, 6) is -0.149. The molecule has 1 aliphatic rings. The zero-order valence-corrected chi connectivity index (χ0v) is 16.9. The molecule has 1 N–H and O–H groups in total. The van der Waals surface area contributed by atoms with Crippen molar-refractivity contribution < 1.29 is 9.53 Å². The molecule has 3 heterocycles. The molecule has 1 amide bonds. The Hall–Kier alpha value is -2.19. The topological polar surface area (TPSA) is 59.4 Å². The maximum Gasteiger partial charge on any atom is 0.270 e. The predicted octanol–water partition coefficient (Wildman–Crippen LogP) is 3.32. The van der Waals surface area contributed by atoms with Crippen LogP contribution in [0.25, 0.3) is 16.3 Å². The Balaban J connectivity index is 1.54. The average molecular weight is 417 g/mol. The van der Waals surface area contributed by atoms with Crippen LogP contribution in [0, 0.1) is 0 Å². The molecule has 0 atom stereocenters. The van der Waals surface area contributed by atoms with Gasteiger partial charge in [0, 0.05) is 31.2 Å². The first kappa shape index (κ1) is 19.1. The van der Waals surface area contributed by atoms with Gasteiger partial charge in [0.1, 0.15) is 11.4 Å². The van der Waals surface area contributed by atoms with E-state index in [4.69, 9.17) is 16.3 Å². The number of carbonyl (C=O) groups excluding carboxylic acids is 1. The van der Waals surface area contributed by atoms with Gasteiger partial charge in [0.2, 0.25) is 0 Å². The summed E-state index contributed by atoms with van der Waals surface area (Å²) in [4.78, 5) is 16.2. The van der Waals surface area contributed by atoms with E-state index < -0.39 is 0 Å². The average Bonchev–Trinajstić information content (AvgIpc) is 3.38. The third-order valence-corrected chi connectivity index (χ3v) is 5.71. The highest BCUT2D eigenvalue weighted by atomic mass is 35.5. The summed E-state index contributed by atoms with van der Waals surface area (Å²) in [7, 11) is 0. The van der Waals surface area contributed by atoms with E-state index in [1.165, 1.54) is 0 Å². The standard InChI is InChI=1S/C20H21ClN4O2S/c21-15-3-1-4-16(13-15)25-18(14-17(23-25)19-5-2-12-28-19)20(26)22-6-7-24-8-10-27-11-9-24/h1-5,12-14H,6-11H2,(H,22,26). The van der Waals surface area contributed by atoms with Crippen LogP contribution in [0.2, 0.25) is 5.02 Å². The first-order valence-electron chi connectivity index (χ1n) is 9.19. The van der Waals surface area contributed by atoms with Gasteiger partial charge in [-0.3, -0.25) is 9.69 Å². The van der Waals surface area contributed by atoms with Gasteiger partial charge in [0.15, 0.2) is 0 Å². The lowest BCUT2D eigenvalue weighted by atomic mass is 10.2. The molecule has 0 radical (unpaired) electrons. The SMILES string of the molecule is O=C(NCCN1CCOCC1)c1cc(-c2cccs2)nn1-c1cccc(Cl)c1. The zero-order chi connectivity index (χ0) is 19.3. The van der Waals surface area contributed by atoms with Crippen LogP contribution in [0.5, 0.6) is 0 Å². The number of rotatable bonds is 6. The molecule has 28 heavy (non-hydrogen) atoms. The minimum Gasteiger partial charge on any atom is -0.379 e. The molecular formula is C20H21ClN4O2S. The van der Waals surface area contributed by atoms with Crippen molar-refractivity contribution in [2.45, 2.75) is 0 Å². The minimum absolute atomic E-state index is 0.149. The zero-order valence-electron chi connectivity index (χ0n) is 15.3. The number of hydrogen-bond donors (Lipinski definition) is 1. The maximum atomic E-state index is 12.9. The van der Waals surface area contributed by atoms with Crippen molar-refractivity contribution in [1.82, 2.24) is 20.0 Å². The number of nitrogens with zero attached hydrogens (tertiary/aromatic N) is 3. The van der Waals surface area contributed by atoms with Crippen LogP contribution in [0.15, 0.2) is 47.8 Å². The third-order valence-electron chi connectivity index (χ3n) is 4.59. The van der Waals surface area contributed by atoms with E-state index in [1.807, 2.05) is 35.7 Å². The second-order valence-electron chi connectivity index (χ2n) is 6.49. The first-order valence-corrected chi connectivity index (χ1v) is 10.4. The smallest absolute Gasteiger partial charge is 0.270 e. The number of nitrogens with one attached hydrogen (secondary N) is 1. The largest absolute Gasteiger partial charge is 0.379 e. The summed E-state index contributed by atoms with van der Waals surface area (Å²) < 4.78 is 7.02.